The Morgan fingerprint density at radius 1 is 1.24 bits per heavy atom. The monoisotopic (exact) mass is 406 g/mol. The molecule has 5 atom stereocenters. The number of hydrogen-bond acceptors (Lipinski definition) is 5. The van der Waals surface area contributed by atoms with Crippen LogP contribution < -0.4 is 0 Å². The molecule has 5 nitrogen and oxygen atoms in total. The molecule has 0 saturated heterocycles. The molecule has 0 aromatic rings. The van der Waals surface area contributed by atoms with Gasteiger partial charge < -0.3 is 14.6 Å². The van der Waals surface area contributed by atoms with Crippen molar-refractivity contribution >= 4 is 11.9 Å². The number of hydrogen-bond donors (Lipinski definition) is 1. The van der Waals surface area contributed by atoms with Crippen molar-refractivity contribution in [2.24, 2.45) is 16.7 Å². The first-order valence-electron chi connectivity index (χ1n) is 10.7. The molecule has 0 aromatic carbocycles. The molecule has 0 unspecified atom stereocenters. The van der Waals surface area contributed by atoms with Crippen molar-refractivity contribution in [1.29, 1.82) is 0 Å². The van der Waals surface area contributed by atoms with E-state index >= 15 is 0 Å². The van der Waals surface area contributed by atoms with Gasteiger partial charge in [-0.05, 0) is 55.4 Å². The summed E-state index contributed by atoms with van der Waals surface area (Å²) in [6.45, 7) is 16.9. The molecular weight excluding hydrogens is 368 g/mol. The highest BCUT2D eigenvalue weighted by Crippen LogP contribution is 2.58. The Labute approximate surface area is 175 Å². The molecule has 2 rings (SSSR count). The number of esters is 2. The van der Waals surface area contributed by atoms with E-state index in [0.29, 0.717) is 6.42 Å². The van der Waals surface area contributed by atoms with Gasteiger partial charge in [0.15, 0.2) is 6.10 Å². The van der Waals surface area contributed by atoms with Crippen LogP contribution in [0.15, 0.2) is 23.8 Å². The van der Waals surface area contributed by atoms with Crippen LogP contribution in [0.5, 0.6) is 0 Å². The lowest BCUT2D eigenvalue weighted by Crippen LogP contribution is -2.55. The fourth-order valence-corrected chi connectivity index (χ4v) is 5.25. The van der Waals surface area contributed by atoms with Crippen LogP contribution in [0.2, 0.25) is 0 Å². The van der Waals surface area contributed by atoms with Gasteiger partial charge in [0.2, 0.25) is 0 Å². The summed E-state index contributed by atoms with van der Waals surface area (Å²) in [6.07, 6.45) is 4.74. The average Bonchev–Trinajstić information content (AvgIpc) is 2.60. The maximum Gasteiger partial charge on any atom is 0.303 e. The largest absolute Gasteiger partial charge is 0.458 e. The summed E-state index contributed by atoms with van der Waals surface area (Å²) < 4.78 is 11.6. The summed E-state index contributed by atoms with van der Waals surface area (Å²) in [5.41, 5.74) is 1.00. The fraction of sp³-hybridized carbons (Fsp3) is 0.750. The van der Waals surface area contributed by atoms with E-state index in [0.717, 1.165) is 31.3 Å². The Kier molecular flexibility index (Phi) is 6.73. The van der Waals surface area contributed by atoms with Crippen LogP contribution in [0.3, 0.4) is 0 Å². The Morgan fingerprint density at radius 2 is 1.83 bits per heavy atom. The highest BCUT2D eigenvalue weighted by atomic mass is 16.6. The third-order valence-corrected chi connectivity index (χ3v) is 7.24. The average molecular weight is 407 g/mol. The molecule has 0 amide bonds. The summed E-state index contributed by atoms with van der Waals surface area (Å²) in [4.78, 5) is 23.9. The van der Waals surface area contributed by atoms with Gasteiger partial charge in [0, 0.05) is 19.8 Å². The molecule has 5 heteroatoms. The van der Waals surface area contributed by atoms with Gasteiger partial charge in [-0.25, -0.2) is 0 Å². The van der Waals surface area contributed by atoms with E-state index in [1.165, 1.54) is 19.4 Å². The normalized spacial score (nSPS) is 33.3. The van der Waals surface area contributed by atoms with Gasteiger partial charge in [-0.15, -0.1) is 6.58 Å². The highest BCUT2D eigenvalue weighted by Gasteiger charge is 2.55. The van der Waals surface area contributed by atoms with Crippen LogP contribution in [-0.2, 0) is 19.1 Å². The first-order chi connectivity index (χ1) is 13.2. The van der Waals surface area contributed by atoms with Crippen molar-refractivity contribution in [1.82, 2.24) is 0 Å². The maximum absolute atomic E-state index is 12.0. The first-order valence-corrected chi connectivity index (χ1v) is 10.7. The van der Waals surface area contributed by atoms with Crippen molar-refractivity contribution in [2.45, 2.75) is 98.4 Å². The van der Waals surface area contributed by atoms with Crippen LogP contribution in [0.1, 0.15) is 80.6 Å². The van der Waals surface area contributed by atoms with Gasteiger partial charge in [-0.1, -0.05) is 39.3 Å². The summed E-state index contributed by atoms with van der Waals surface area (Å²) in [6, 6.07) is 0. The lowest BCUT2D eigenvalue weighted by atomic mass is 9.53. The molecule has 0 heterocycles. The molecule has 0 saturated carbocycles. The Bertz CT molecular complexity index is 702. The van der Waals surface area contributed by atoms with Gasteiger partial charge >= 0.3 is 11.9 Å². The molecule has 2 aliphatic rings. The SMILES string of the molecule is C=C[C@@](C)(O)CC[C@]1(C)C2=C([C@@H](OC(C)=O)[C@H](OC(C)=O)[C@H]1C)C(C)(C)CCC2. The highest BCUT2D eigenvalue weighted by molar-refractivity contribution is 5.68. The van der Waals surface area contributed by atoms with E-state index in [9.17, 15) is 14.7 Å². The van der Waals surface area contributed by atoms with Crippen molar-refractivity contribution < 1.29 is 24.2 Å². The zero-order valence-electron chi connectivity index (χ0n) is 19.1. The number of aliphatic hydroxyl groups is 1. The number of allylic oxidation sites excluding steroid dienone is 1. The number of carbonyl (C=O) groups is 2. The van der Waals surface area contributed by atoms with Gasteiger partial charge in [-0.3, -0.25) is 9.59 Å². The molecule has 0 bridgehead atoms. The van der Waals surface area contributed by atoms with Crippen molar-refractivity contribution in [3.8, 4) is 0 Å². The molecule has 0 aromatic heterocycles. The predicted octanol–water partition coefficient (Wildman–Crippen LogP) is 4.73. The minimum Gasteiger partial charge on any atom is -0.458 e. The minimum atomic E-state index is -0.961. The van der Waals surface area contributed by atoms with E-state index in [2.05, 4.69) is 34.3 Å². The second kappa shape index (κ2) is 8.25. The molecular formula is C24H38O5. The summed E-state index contributed by atoms with van der Waals surface area (Å²) >= 11 is 0. The Hall–Kier alpha value is -1.62. The molecule has 2 aliphatic carbocycles. The molecule has 0 fully saturated rings. The number of ether oxygens (including phenoxy) is 2. The molecule has 164 valence electrons. The van der Waals surface area contributed by atoms with Crippen LogP contribution in [0.25, 0.3) is 0 Å². The standard InChI is InChI=1S/C24H38O5/c1-9-23(7,27)13-14-24(8)15(2)20(28-16(3)25)21(29-17(4)26)19-18(24)11-10-12-22(19,5)6/h9,15,20-21,27H,1,10-14H2,2-8H3/t15-,20-,21-,23-,24+/m1/s1. The van der Waals surface area contributed by atoms with Gasteiger partial charge in [-0.2, -0.15) is 0 Å². The minimum absolute atomic E-state index is 0.0657. The lowest BCUT2D eigenvalue weighted by Gasteiger charge is -2.54. The predicted molar refractivity (Wildman–Crippen MR) is 113 cm³/mol. The van der Waals surface area contributed by atoms with Crippen LogP contribution in [0.4, 0.5) is 0 Å². The third kappa shape index (κ3) is 4.76. The molecule has 29 heavy (non-hydrogen) atoms. The van der Waals surface area contributed by atoms with Crippen molar-refractivity contribution in [2.75, 3.05) is 0 Å². The Morgan fingerprint density at radius 3 is 2.34 bits per heavy atom. The van der Waals surface area contributed by atoms with Gasteiger partial charge in [0.1, 0.15) is 6.10 Å². The molecule has 1 N–H and O–H groups in total. The topological polar surface area (TPSA) is 72.8 Å². The second-order valence-electron chi connectivity index (χ2n) is 10.0. The molecule has 0 spiro atoms. The van der Waals surface area contributed by atoms with Crippen molar-refractivity contribution in [3.05, 3.63) is 23.8 Å². The van der Waals surface area contributed by atoms with E-state index in [4.69, 9.17) is 9.47 Å². The fourth-order valence-electron chi connectivity index (χ4n) is 5.25. The first kappa shape index (κ1) is 23.7. The summed E-state index contributed by atoms with van der Waals surface area (Å²) in [5, 5.41) is 10.5. The van der Waals surface area contributed by atoms with Crippen LogP contribution in [-0.4, -0.2) is 34.9 Å². The summed E-state index contributed by atoms with van der Waals surface area (Å²) in [5.74, 6) is -0.813. The van der Waals surface area contributed by atoms with E-state index < -0.39 is 17.8 Å². The molecule has 0 aliphatic heterocycles. The third-order valence-electron chi connectivity index (χ3n) is 7.24. The van der Waals surface area contributed by atoms with E-state index in [-0.39, 0.29) is 28.7 Å². The Balaban J connectivity index is 2.64. The van der Waals surface area contributed by atoms with Crippen LogP contribution in [0, 0.1) is 16.7 Å². The zero-order valence-corrected chi connectivity index (χ0v) is 19.1. The van der Waals surface area contributed by atoms with E-state index in [1.54, 1.807) is 13.0 Å². The summed E-state index contributed by atoms with van der Waals surface area (Å²) in [7, 11) is 0. The van der Waals surface area contributed by atoms with E-state index in [1.807, 2.05) is 0 Å². The van der Waals surface area contributed by atoms with Gasteiger partial charge in [0.25, 0.3) is 0 Å². The quantitative estimate of drug-likeness (QED) is 0.510. The maximum atomic E-state index is 12.0. The number of rotatable bonds is 6. The number of carbonyl (C=O) groups excluding carboxylic acids is 2. The van der Waals surface area contributed by atoms with Gasteiger partial charge in [0.05, 0.1) is 5.60 Å². The second-order valence-corrected chi connectivity index (χ2v) is 10.0. The lowest BCUT2D eigenvalue weighted by molar-refractivity contribution is -0.174. The van der Waals surface area contributed by atoms with Crippen molar-refractivity contribution in [3.63, 3.8) is 0 Å². The van der Waals surface area contributed by atoms with Crippen LogP contribution >= 0.6 is 0 Å². The zero-order chi connectivity index (χ0) is 22.2. The smallest absolute Gasteiger partial charge is 0.303 e. The molecule has 0 radical (unpaired) electrons.